The Labute approximate surface area is 137 Å². The van der Waals surface area contributed by atoms with E-state index in [0.29, 0.717) is 24.3 Å². The molecule has 1 aromatic carbocycles. The molecule has 0 amide bonds. The third-order valence-corrected chi connectivity index (χ3v) is 4.04. The monoisotopic (exact) mass is 327 g/mol. The van der Waals surface area contributed by atoms with Gasteiger partial charge in [0.05, 0.1) is 11.1 Å². The molecule has 0 aliphatic rings. The van der Waals surface area contributed by atoms with E-state index in [0.717, 1.165) is 22.0 Å². The molecule has 0 fully saturated rings. The van der Waals surface area contributed by atoms with Crippen molar-refractivity contribution in [1.82, 2.24) is 15.1 Å². The van der Waals surface area contributed by atoms with Gasteiger partial charge in [-0.15, -0.1) is 0 Å². The second-order valence-electron chi connectivity index (χ2n) is 5.74. The molecule has 0 aliphatic carbocycles. The van der Waals surface area contributed by atoms with Gasteiger partial charge in [0.25, 0.3) is 5.56 Å². The highest BCUT2D eigenvalue weighted by Crippen LogP contribution is 2.22. The summed E-state index contributed by atoms with van der Waals surface area (Å²) in [5, 5.41) is 13.4. The van der Waals surface area contributed by atoms with E-state index < -0.39 is 5.97 Å². The minimum atomic E-state index is -0.869. The summed E-state index contributed by atoms with van der Waals surface area (Å²) in [5.41, 5.74) is 2.98. The number of aryl methyl sites for hydroxylation is 3. The number of H-pyrrole nitrogens is 1. The summed E-state index contributed by atoms with van der Waals surface area (Å²) in [7, 11) is 0. The maximum atomic E-state index is 12.4. The minimum absolute atomic E-state index is 0.0346. The largest absolute Gasteiger partial charge is 0.481 e. The zero-order chi connectivity index (χ0) is 17.3. The average Bonchev–Trinajstić information content (AvgIpc) is 2.99. The van der Waals surface area contributed by atoms with Gasteiger partial charge in [-0.25, -0.2) is 0 Å². The highest BCUT2D eigenvalue weighted by Gasteiger charge is 2.14. The lowest BCUT2D eigenvalue weighted by Crippen LogP contribution is -2.10. The summed E-state index contributed by atoms with van der Waals surface area (Å²) in [4.78, 5) is 30.0. The Bertz CT molecular complexity index is 972. The Morgan fingerprint density at radius 1 is 1.33 bits per heavy atom. The first-order valence-corrected chi connectivity index (χ1v) is 7.63. The number of rotatable bonds is 5. The topological polar surface area (TPSA) is 109 Å². The molecule has 0 bridgehead atoms. The number of aromatic nitrogens is 3. The van der Waals surface area contributed by atoms with Crippen LogP contribution in [0.4, 0.5) is 0 Å². The third-order valence-electron chi connectivity index (χ3n) is 4.04. The molecule has 2 heterocycles. The number of fused-ring (bicyclic) bond motifs is 1. The van der Waals surface area contributed by atoms with Gasteiger partial charge >= 0.3 is 5.97 Å². The summed E-state index contributed by atoms with van der Waals surface area (Å²) >= 11 is 0. The number of nitrogens with one attached hydrogen (secondary N) is 1. The fourth-order valence-electron chi connectivity index (χ4n) is 2.55. The lowest BCUT2D eigenvalue weighted by Gasteiger charge is -2.06. The lowest BCUT2D eigenvalue weighted by molar-refractivity contribution is -0.137. The number of carboxylic acid groups (broad SMARTS) is 1. The molecule has 0 unspecified atom stereocenters. The number of hydrogen-bond acceptors (Lipinski definition) is 5. The van der Waals surface area contributed by atoms with Crippen LogP contribution in [0.25, 0.3) is 22.3 Å². The van der Waals surface area contributed by atoms with Crippen LogP contribution in [0.5, 0.6) is 0 Å². The molecule has 24 heavy (non-hydrogen) atoms. The van der Waals surface area contributed by atoms with Crippen molar-refractivity contribution in [2.24, 2.45) is 0 Å². The summed E-state index contributed by atoms with van der Waals surface area (Å²) in [5.74, 6) is -0.334. The first kappa shape index (κ1) is 15.9. The molecule has 3 aromatic rings. The predicted molar refractivity (Wildman–Crippen MR) is 87.9 cm³/mol. The number of aliphatic carboxylic acids is 1. The molecule has 3 rings (SSSR count). The zero-order valence-electron chi connectivity index (χ0n) is 13.4. The Morgan fingerprint density at radius 2 is 2.12 bits per heavy atom. The molecule has 0 aliphatic heterocycles. The van der Waals surface area contributed by atoms with Gasteiger partial charge in [-0.2, -0.15) is 4.98 Å². The molecule has 2 N–H and O–H groups in total. The van der Waals surface area contributed by atoms with Gasteiger partial charge in [0, 0.05) is 12.8 Å². The summed E-state index contributed by atoms with van der Waals surface area (Å²) in [6.07, 6.45) is 0.805. The van der Waals surface area contributed by atoms with Gasteiger partial charge in [0.15, 0.2) is 0 Å². The van der Waals surface area contributed by atoms with Gasteiger partial charge < -0.3 is 14.6 Å². The van der Waals surface area contributed by atoms with Crippen LogP contribution < -0.4 is 5.56 Å². The van der Waals surface area contributed by atoms with Crippen molar-refractivity contribution >= 4 is 16.9 Å². The number of aromatic amines is 1. The van der Waals surface area contributed by atoms with Crippen molar-refractivity contribution in [3.8, 4) is 11.4 Å². The molecule has 0 saturated heterocycles. The SMILES string of the molecule is Cc1ccc2cc(-c3noc(CCCC(=O)O)n3)c(=O)[nH]c2c1C. The molecule has 7 heteroatoms. The molecule has 2 aromatic heterocycles. The van der Waals surface area contributed by atoms with Crippen LogP contribution in [0, 0.1) is 13.8 Å². The van der Waals surface area contributed by atoms with Crippen LogP contribution in [0.15, 0.2) is 27.5 Å². The van der Waals surface area contributed by atoms with Crippen LogP contribution in [-0.4, -0.2) is 26.2 Å². The molecular weight excluding hydrogens is 310 g/mol. The smallest absolute Gasteiger partial charge is 0.303 e. The van der Waals surface area contributed by atoms with Crippen LogP contribution >= 0.6 is 0 Å². The molecule has 0 atom stereocenters. The second kappa shape index (κ2) is 6.27. The predicted octanol–water partition coefficient (Wildman–Crippen LogP) is 2.60. The van der Waals surface area contributed by atoms with Crippen molar-refractivity contribution in [2.45, 2.75) is 33.1 Å². The summed E-state index contributed by atoms with van der Waals surface area (Å²) in [6.45, 7) is 3.95. The summed E-state index contributed by atoms with van der Waals surface area (Å²) in [6, 6.07) is 5.67. The van der Waals surface area contributed by atoms with E-state index in [2.05, 4.69) is 15.1 Å². The Balaban J connectivity index is 1.94. The van der Waals surface area contributed by atoms with Crippen LogP contribution in [0.3, 0.4) is 0 Å². The van der Waals surface area contributed by atoms with Gasteiger partial charge in [-0.05, 0) is 42.8 Å². The normalized spacial score (nSPS) is 11.1. The minimum Gasteiger partial charge on any atom is -0.481 e. The number of carboxylic acids is 1. The number of carbonyl (C=O) groups is 1. The number of nitrogens with zero attached hydrogens (tertiary/aromatic N) is 2. The molecule has 0 radical (unpaired) electrons. The van der Waals surface area contributed by atoms with Crippen LogP contribution in [-0.2, 0) is 11.2 Å². The zero-order valence-corrected chi connectivity index (χ0v) is 13.4. The van der Waals surface area contributed by atoms with E-state index >= 15 is 0 Å². The number of hydrogen-bond donors (Lipinski definition) is 2. The van der Waals surface area contributed by atoms with E-state index in [1.807, 2.05) is 26.0 Å². The second-order valence-corrected chi connectivity index (χ2v) is 5.74. The van der Waals surface area contributed by atoms with Crippen molar-refractivity contribution in [3.63, 3.8) is 0 Å². The number of benzene rings is 1. The highest BCUT2D eigenvalue weighted by molar-refractivity contribution is 5.85. The van der Waals surface area contributed by atoms with Gasteiger partial charge in [-0.3, -0.25) is 9.59 Å². The first-order chi connectivity index (χ1) is 11.5. The van der Waals surface area contributed by atoms with Gasteiger partial charge in [0.2, 0.25) is 11.7 Å². The van der Waals surface area contributed by atoms with Gasteiger partial charge in [-0.1, -0.05) is 17.3 Å². The fraction of sp³-hybridized carbons (Fsp3) is 0.294. The van der Waals surface area contributed by atoms with E-state index in [1.165, 1.54) is 0 Å². The fourth-order valence-corrected chi connectivity index (χ4v) is 2.55. The van der Waals surface area contributed by atoms with Crippen molar-refractivity contribution in [1.29, 1.82) is 0 Å². The molecule has 124 valence electrons. The maximum absolute atomic E-state index is 12.4. The highest BCUT2D eigenvalue weighted by atomic mass is 16.5. The van der Waals surface area contributed by atoms with E-state index in [4.69, 9.17) is 9.63 Å². The van der Waals surface area contributed by atoms with Crippen LogP contribution in [0.1, 0.15) is 29.9 Å². The van der Waals surface area contributed by atoms with E-state index in [1.54, 1.807) is 6.07 Å². The Hall–Kier alpha value is -2.96. The molecular formula is C17H17N3O4. The third kappa shape index (κ3) is 3.05. The quantitative estimate of drug-likeness (QED) is 0.745. The van der Waals surface area contributed by atoms with Crippen molar-refractivity contribution in [3.05, 3.63) is 45.6 Å². The van der Waals surface area contributed by atoms with Crippen molar-refractivity contribution < 1.29 is 14.4 Å². The number of pyridine rings is 1. The van der Waals surface area contributed by atoms with E-state index in [9.17, 15) is 9.59 Å². The van der Waals surface area contributed by atoms with Crippen molar-refractivity contribution in [2.75, 3.05) is 0 Å². The molecule has 7 nitrogen and oxygen atoms in total. The lowest BCUT2D eigenvalue weighted by atomic mass is 10.0. The maximum Gasteiger partial charge on any atom is 0.303 e. The summed E-state index contributed by atoms with van der Waals surface area (Å²) < 4.78 is 5.10. The van der Waals surface area contributed by atoms with Gasteiger partial charge in [0.1, 0.15) is 0 Å². The average molecular weight is 327 g/mol. The Kier molecular flexibility index (Phi) is 4.16. The standard InChI is InChI=1S/C17H17N3O4/c1-9-6-7-11-8-12(17(23)19-15(11)10(9)2)16-18-13(24-20-16)4-3-5-14(21)22/h6-8H,3-5H2,1-2H3,(H,19,23)(H,21,22). The first-order valence-electron chi connectivity index (χ1n) is 7.63. The van der Waals surface area contributed by atoms with E-state index in [-0.39, 0.29) is 17.8 Å². The molecule has 0 saturated carbocycles. The molecule has 0 spiro atoms. The Morgan fingerprint density at radius 3 is 2.88 bits per heavy atom. The van der Waals surface area contributed by atoms with Crippen LogP contribution in [0.2, 0.25) is 0 Å².